The molecule has 0 bridgehead atoms. The fourth-order valence-corrected chi connectivity index (χ4v) is 4.80. The summed E-state index contributed by atoms with van der Waals surface area (Å²) in [5.74, 6) is 0.524. The number of carbonyl (C=O) groups is 1. The lowest BCUT2D eigenvalue weighted by Crippen LogP contribution is -1.97. The summed E-state index contributed by atoms with van der Waals surface area (Å²) in [6.07, 6.45) is 37.5. The molecule has 0 spiro atoms. The van der Waals surface area contributed by atoms with Gasteiger partial charge in [-0.1, -0.05) is 168 Å². The predicted octanol–water partition coefficient (Wildman–Crippen LogP) is 11.5. The molecular weight excluding hydrogens is 388 g/mol. The minimum Gasteiger partial charge on any atom is -0.300 e. The van der Waals surface area contributed by atoms with Gasteiger partial charge in [0.05, 0.1) is 0 Å². The Balaban J connectivity index is 3.13. The smallest absolute Gasteiger partial charge is 0.132 e. The maximum Gasteiger partial charge on any atom is 0.132 e. The van der Waals surface area contributed by atoms with Crippen LogP contribution < -0.4 is 0 Å². The van der Waals surface area contributed by atoms with Crippen LogP contribution in [0.4, 0.5) is 0 Å². The van der Waals surface area contributed by atoms with Crippen molar-refractivity contribution in [2.75, 3.05) is 0 Å². The van der Waals surface area contributed by atoms with Crippen LogP contribution in [0.3, 0.4) is 0 Å². The molecule has 0 aromatic rings. The summed E-state index contributed by atoms with van der Waals surface area (Å²) in [6, 6.07) is 0. The number of Topliss-reactive ketones (excluding diaryl/α,β-unsaturated/α-hetero) is 1. The normalized spacial score (nSPS) is 11.3. The molecule has 0 atom stereocenters. The van der Waals surface area contributed by atoms with Crippen molar-refractivity contribution in [1.82, 2.24) is 0 Å². The van der Waals surface area contributed by atoms with Gasteiger partial charge in [0.25, 0.3) is 0 Å². The van der Waals surface area contributed by atoms with Gasteiger partial charge in [0.15, 0.2) is 0 Å². The summed E-state index contributed by atoms with van der Waals surface area (Å²) in [6.45, 7) is 4.57. The lowest BCUT2D eigenvalue weighted by molar-refractivity contribution is -0.119. The second-order valence-electron chi connectivity index (χ2n) is 10.5. The van der Waals surface area contributed by atoms with E-state index in [0.29, 0.717) is 5.78 Å². The minimum atomic E-state index is 0.524. The van der Waals surface area contributed by atoms with Gasteiger partial charge < -0.3 is 0 Å². The molecule has 0 aromatic carbocycles. The number of carbonyl (C=O) groups excluding carboxylic acids is 1. The second-order valence-corrected chi connectivity index (χ2v) is 10.5. The van der Waals surface area contributed by atoms with Gasteiger partial charge >= 0.3 is 0 Å². The molecule has 0 fully saturated rings. The fourth-order valence-electron chi connectivity index (χ4n) is 4.80. The highest BCUT2D eigenvalue weighted by atomic mass is 16.1. The van der Waals surface area contributed by atoms with Crippen LogP contribution in [0.1, 0.15) is 194 Å². The number of hydrogen-bond acceptors (Lipinski definition) is 1. The summed E-state index contributed by atoms with van der Waals surface area (Å²) >= 11 is 0. The Morgan fingerprint density at radius 3 is 0.719 bits per heavy atom. The van der Waals surface area contributed by atoms with Crippen LogP contribution in [0.15, 0.2) is 0 Å². The van der Waals surface area contributed by atoms with Crippen LogP contribution in [0.5, 0.6) is 0 Å². The number of unbranched alkanes of at least 4 members (excludes halogenated alkanes) is 24. The van der Waals surface area contributed by atoms with Gasteiger partial charge in [0.1, 0.15) is 5.78 Å². The van der Waals surface area contributed by atoms with E-state index in [1.165, 1.54) is 154 Å². The van der Waals surface area contributed by atoms with Gasteiger partial charge in [-0.25, -0.2) is 0 Å². The minimum absolute atomic E-state index is 0.524. The molecule has 0 amide bonds. The van der Waals surface area contributed by atoms with E-state index in [1.807, 2.05) is 0 Å². The molecule has 1 heteroatoms. The van der Waals surface area contributed by atoms with Crippen molar-refractivity contribution in [2.24, 2.45) is 0 Å². The van der Waals surface area contributed by atoms with E-state index in [2.05, 4.69) is 13.8 Å². The van der Waals surface area contributed by atoms with Crippen molar-refractivity contribution < 1.29 is 4.79 Å². The SMILES string of the molecule is CCCCCCCCCCCCCCCCCC(=O)CCCCCCCCCCCCC. The Labute approximate surface area is 204 Å². The van der Waals surface area contributed by atoms with Crippen LogP contribution in [-0.4, -0.2) is 5.78 Å². The van der Waals surface area contributed by atoms with E-state index >= 15 is 0 Å². The lowest BCUT2D eigenvalue weighted by Gasteiger charge is -2.04. The second kappa shape index (κ2) is 28.7. The summed E-state index contributed by atoms with van der Waals surface area (Å²) in [5.41, 5.74) is 0. The molecule has 0 radical (unpaired) electrons. The number of rotatable bonds is 28. The highest BCUT2D eigenvalue weighted by Crippen LogP contribution is 2.15. The van der Waals surface area contributed by atoms with Crippen LogP contribution in [0.2, 0.25) is 0 Å². The quantitative estimate of drug-likeness (QED) is 0.108. The van der Waals surface area contributed by atoms with Crippen molar-refractivity contribution in [3.05, 3.63) is 0 Å². The Morgan fingerprint density at radius 2 is 0.500 bits per heavy atom. The van der Waals surface area contributed by atoms with Gasteiger partial charge in [-0.2, -0.15) is 0 Å². The van der Waals surface area contributed by atoms with E-state index in [4.69, 9.17) is 0 Å². The van der Waals surface area contributed by atoms with Crippen LogP contribution in [0, 0.1) is 0 Å². The highest BCUT2D eigenvalue weighted by molar-refractivity contribution is 5.78. The molecule has 0 unspecified atom stereocenters. The zero-order valence-corrected chi connectivity index (χ0v) is 22.7. The maximum atomic E-state index is 12.0. The first-order chi connectivity index (χ1) is 15.8. The molecular formula is C31H62O. The number of ketones is 1. The molecule has 0 saturated carbocycles. The van der Waals surface area contributed by atoms with Crippen molar-refractivity contribution in [1.29, 1.82) is 0 Å². The molecule has 0 aromatic heterocycles. The van der Waals surface area contributed by atoms with E-state index in [9.17, 15) is 4.79 Å². The van der Waals surface area contributed by atoms with E-state index in [0.717, 1.165) is 25.7 Å². The Kier molecular flexibility index (Phi) is 28.4. The molecule has 1 nitrogen and oxygen atoms in total. The van der Waals surface area contributed by atoms with E-state index in [-0.39, 0.29) is 0 Å². The zero-order valence-electron chi connectivity index (χ0n) is 22.7. The molecule has 0 N–H and O–H groups in total. The third kappa shape index (κ3) is 27.7. The summed E-state index contributed by atoms with van der Waals surface area (Å²) in [4.78, 5) is 12.0. The van der Waals surface area contributed by atoms with Gasteiger partial charge in [-0.05, 0) is 12.8 Å². The molecule has 0 saturated heterocycles. The molecule has 0 aliphatic carbocycles. The van der Waals surface area contributed by atoms with Crippen LogP contribution >= 0.6 is 0 Å². The summed E-state index contributed by atoms with van der Waals surface area (Å²) < 4.78 is 0. The van der Waals surface area contributed by atoms with Crippen LogP contribution in [0.25, 0.3) is 0 Å². The molecule has 192 valence electrons. The van der Waals surface area contributed by atoms with Gasteiger partial charge in [0, 0.05) is 12.8 Å². The highest BCUT2D eigenvalue weighted by Gasteiger charge is 2.02. The Hall–Kier alpha value is -0.330. The summed E-state index contributed by atoms with van der Waals surface area (Å²) in [5, 5.41) is 0. The predicted molar refractivity (Wildman–Crippen MR) is 146 cm³/mol. The van der Waals surface area contributed by atoms with Crippen molar-refractivity contribution in [3.8, 4) is 0 Å². The first-order valence-corrected chi connectivity index (χ1v) is 15.3. The third-order valence-corrected chi connectivity index (χ3v) is 7.12. The fraction of sp³-hybridized carbons (Fsp3) is 0.968. The topological polar surface area (TPSA) is 17.1 Å². The molecule has 0 aliphatic rings. The average Bonchev–Trinajstić information content (AvgIpc) is 2.80. The average molecular weight is 451 g/mol. The Morgan fingerprint density at radius 1 is 0.312 bits per heavy atom. The van der Waals surface area contributed by atoms with Crippen LogP contribution in [-0.2, 0) is 4.79 Å². The molecule has 0 heterocycles. The van der Waals surface area contributed by atoms with Gasteiger partial charge in [0.2, 0.25) is 0 Å². The number of hydrogen-bond donors (Lipinski definition) is 0. The van der Waals surface area contributed by atoms with Gasteiger partial charge in [-0.15, -0.1) is 0 Å². The van der Waals surface area contributed by atoms with Gasteiger partial charge in [-0.3, -0.25) is 4.79 Å². The standard InChI is InChI=1S/C31H62O/c1-3-5-7-9-11-13-15-16-17-18-20-22-24-26-28-30-31(32)29-27-25-23-21-19-14-12-10-8-6-4-2/h3-30H2,1-2H3. The Bertz CT molecular complexity index is 348. The van der Waals surface area contributed by atoms with Crippen molar-refractivity contribution in [3.63, 3.8) is 0 Å². The lowest BCUT2D eigenvalue weighted by atomic mass is 10.0. The van der Waals surface area contributed by atoms with E-state index in [1.54, 1.807) is 0 Å². The molecule has 32 heavy (non-hydrogen) atoms. The van der Waals surface area contributed by atoms with Crippen molar-refractivity contribution >= 4 is 5.78 Å². The van der Waals surface area contributed by atoms with E-state index < -0.39 is 0 Å². The summed E-state index contributed by atoms with van der Waals surface area (Å²) in [7, 11) is 0. The largest absolute Gasteiger partial charge is 0.300 e. The molecule has 0 aliphatic heterocycles. The monoisotopic (exact) mass is 450 g/mol. The van der Waals surface area contributed by atoms with Crippen molar-refractivity contribution in [2.45, 2.75) is 194 Å². The maximum absolute atomic E-state index is 12.0. The molecule has 0 rings (SSSR count). The first-order valence-electron chi connectivity index (χ1n) is 15.3. The first kappa shape index (κ1) is 31.7. The zero-order chi connectivity index (χ0) is 23.4. The third-order valence-electron chi connectivity index (χ3n) is 7.12.